The molecule has 1 rings (SSSR count). The number of carbonyl (C=O) groups excluding carboxylic acids is 2. The lowest BCUT2D eigenvalue weighted by atomic mass is 10.4. The van der Waals surface area contributed by atoms with Gasteiger partial charge in [-0.3, -0.25) is 9.59 Å². The van der Waals surface area contributed by atoms with Gasteiger partial charge >= 0.3 is 12.0 Å². The molecule has 1 saturated carbocycles. The third-order valence-corrected chi connectivity index (χ3v) is 2.63. The van der Waals surface area contributed by atoms with E-state index in [9.17, 15) is 14.4 Å². The van der Waals surface area contributed by atoms with E-state index in [4.69, 9.17) is 5.11 Å². The van der Waals surface area contributed by atoms with Crippen LogP contribution < -0.4 is 5.32 Å². The number of aliphatic carboxylic acids is 1. The molecular weight excluding hydrogens is 238 g/mol. The van der Waals surface area contributed by atoms with E-state index in [1.807, 2.05) is 0 Å². The SMILES string of the molecule is CCN(CC(=O)O)C(=O)N(C)CC(=O)NC1CC1. The third-order valence-electron chi connectivity index (χ3n) is 2.63. The van der Waals surface area contributed by atoms with Gasteiger partial charge < -0.3 is 20.2 Å². The Labute approximate surface area is 106 Å². The van der Waals surface area contributed by atoms with Crippen LogP contribution in [0.15, 0.2) is 0 Å². The second-order valence-corrected chi connectivity index (χ2v) is 4.39. The zero-order valence-corrected chi connectivity index (χ0v) is 10.7. The Hall–Kier alpha value is -1.79. The van der Waals surface area contributed by atoms with Crippen molar-refractivity contribution in [2.24, 2.45) is 0 Å². The maximum Gasteiger partial charge on any atom is 0.323 e. The van der Waals surface area contributed by atoms with Crippen molar-refractivity contribution in [3.05, 3.63) is 0 Å². The van der Waals surface area contributed by atoms with Crippen molar-refractivity contribution in [2.75, 3.05) is 26.7 Å². The molecule has 1 aliphatic carbocycles. The number of hydrogen-bond donors (Lipinski definition) is 2. The molecule has 0 unspecified atom stereocenters. The molecule has 0 aromatic carbocycles. The topological polar surface area (TPSA) is 90.0 Å². The largest absolute Gasteiger partial charge is 0.480 e. The van der Waals surface area contributed by atoms with Crippen molar-refractivity contribution in [3.8, 4) is 0 Å². The summed E-state index contributed by atoms with van der Waals surface area (Å²) in [5.74, 6) is -1.28. The number of hydrogen-bond acceptors (Lipinski definition) is 3. The molecular formula is C11H19N3O4. The third kappa shape index (κ3) is 4.60. The van der Waals surface area contributed by atoms with Gasteiger partial charge in [-0.2, -0.15) is 0 Å². The quantitative estimate of drug-likeness (QED) is 0.685. The monoisotopic (exact) mass is 257 g/mol. The van der Waals surface area contributed by atoms with Crippen molar-refractivity contribution in [1.82, 2.24) is 15.1 Å². The highest BCUT2D eigenvalue weighted by Crippen LogP contribution is 2.18. The summed E-state index contributed by atoms with van der Waals surface area (Å²) in [6.45, 7) is 1.58. The predicted octanol–water partition coefficient (Wildman–Crippen LogP) is -0.277. The fraction of sp³-hybridized carbons (Fsp3) is 0.727. The normalized spacial score (nSPS) is 13.9. The van der Waals surface area contributed by atoms with Gasteiger partial charge in [0.1, 0.15) is 13.1 Å². The summed E-state index contributed by atoms with van der Waals surface area (Å²) < 4.78 is 0. The van der Waals surface area contributed by atoms with Gasteiger partial charge in [0.2, 0.25) is 5.91 Å². The minimum absolute atomic E-state index is 0.0501. The summed E-state index contributed by atoms with van der Waals surface area (Å²) in [6.07, 6.45) is 1.98. The van der Waals surface area contributed by atoms with Crippen molar-refractivity contribution in [2.45, 2.75) is 25.8 Å². The number of carbonyl (C=O) groups is 3. The highest BCUT2D eigenvalue weighted by molar-refractivity contribution is 5.85. The molecule has 18 heavy (non-hydrogen) atoms. The second kappa shape index (κ2) is 6.23. The maximum atomic E-state index is 11.9. The fourth-order valence-corrected chi connectivity index (χ4v) is 1.50. The standard InChI is InChI=1S/C11H19N3O4/c1-3-14(7-10(16)17)11(18)13(2)6-9(15)12-8-4-5-8/h8H,3-7H2,1-2H3,(H,12,15)(H,16,17). The molecule has 7 nitrogen and oxygen atoms in total. The predicted molar refractivity (Wildman–Crippen MR) is 64.1 cm³/mol. The molecule has 0 radical (unpaired) electrons. The lowest BCUT2D eigenvalue weighted by Gasteiger charge is -2.25. The minimum Gasteiger partial charge on any atom is -0.480 e. The first kappa shape index (κ1) is 14.3. The molecule has 3 amide bonds. The number of urea groups is 1. The van der Waals surface area contributed by atoms with Crippen LogP contribution in [-0.2, 0) is 9.59 Å². The van der Waals surface area contributed by atoms with Crippen molar-refractivity contribution >= 4 is 17.9 Å². The minimum atomic E-state index is -1.07. The van der Waals surface area contributed by atoms with Gasteiger partial charge in [0.05, 0.1) is 0 Å². The van der Waals surface area contributed by atoms with Gasteiger partial charge in [0.25, 0.3) is 0 Å². The number of nitrogens with one attached hydrogen (secondary N) is 1. The van der Waals surface area contributed by atoms with Gasteiger partial charge in [-0.1, -0.05) is 0 Å². The van der Waals surface area contributed by atoms with E-state index >= 15 is 0 Å². The van der Waals surface area contributed by atoms with Gasteiger partial charge in [-0.25, -0.2) is 4.79 Å². The van der Waals surface area contributed by atoms with Gasteiger partial charge in [-0.15, -0.1) is 0 Å². The highest BCUT2D eigenvalue weighted by atomic mass is 16.4. The average molecular weight is 257 g/mol. The molecule has 0 bridgehead atoms. The van der Waals surface area contributed by atoms with Crippen molar-refractivity contribution in [1.29, 1.82) is 0 Å². The molecule has 102 valence electrons. The van der Waals surface area contributed by atoms with Crippen LogP contribution in [0.5, 0.6) is 0 Å². The maximum absolute atomic E-state index is 11.9. The molecule has 2 N–H and O–H groups in total. The summed E-state index contributed by atoms with van der Waals surface area (Å²) in [7, 11) is 1.49. The van der Waals surface area contributed by atoms with Crippen LogP contribution in [0.4, 0.5) is 4.79 Å². The van der Waals surface area contributed by atoms with Crippen LogP contribution in [-0.4, -0.2) is 65.5 Å². The summed E-state index contributed by atoms with van der Waals surface area (Å²) in [5, 5.41) is 11.4. The molecule has 0 aromatic heterocycles. The Balaban J connectivity index is 2.41. The zero-order valence-electron chi connectivity index (χ0n) is 10.7. The van der Waals surface area contributed by atoms with Crippen LogP contribution in [0.3, 0.4) is 0 Å². The average Bonchev–Trinajstić information content (AvgIpc) is 3.08. The number of amides is 3. The number of rotatable bonds is 6. The van der Waals surface area contributed by atoms with E-state index in [-0.39, 0.29) is 25.0 Å². The molecule has 0 saturated heterocycles. The van der Waals surface area contributed by atoms with E-state index in [0.29, 0.717) is 6.54 Å². The number of likely N-dealkylation sites (N-methyl/N-ethyl adjacent to an activating group) is 2. The smallest absolute Gasteiger partial charge is 0.323 e. The lowest BCUT2D eigenvalue weighted by Crippen LogP contribution is -2.47. The number of nitrogens with zero attached hydrogens (tertiary/aromatic N) is 2. The van der Waals surface area contributed by atoms with Crippen LogP contribution >= 0.6 is 0 Å². The van der Waals surface area contributed by atoms with Gasteiger partial charge in [-0.05, 0) is 19.8 Å². The van der Waals surface area contributed by atoms with Crippen LogP contribution in [0.25, 0.3) is 0 Å². The fourth-order valence-electron chi connectivity index (χ4n) is 1.50. The first-order valence-electron chi connectivity index (χ1n) is 5.95. The lowest BCUT2D eigenvalue weighted by molar-refractivity contribution is -0.137. The second-order valence-electron chi connectivity index (χ2n) is 4.39. The Kier molecular flexibility index (Phi) is 4.94. The number of carboxylic acids is 1. The van der Waals surface area contributed by atoms with Gasteiger partial charge in [0.15, 0.2) is 0 Å². The first-order valence-corrected chi connectivity index (χ1v) is 5.95. The van der Waals surface area contributed by atoms with Crippen LogP contribution in [0, 0.1) is 0 Å². The van der Waals surface area contributed by atoms with Gasteiger partial charge in [0, 0.05) is 19.6 Å². The molecule has 7 heteroatoms. The summed E-state index contributed by atoms with van der Waals surface area (Å²) in [5.41, 5.74) is 0. The van der Waals surface area contributed by atoms with E-state index in [0.717, 1.165) is 12.8 Å². The van der Waals surface area contributed by atoms with Crippen molar-refractivity contribution in [3.63, 3.8) is 0 Å². The Morgan fingerprint density at radius 2 is 1.89 bits per heavy atom. The number of carboxylic acid groups (broad SMARTS) is 1. The van der Waals surface area contributed by atoms with E-state index in [1.165, 1.54) is 16.8 Å². The molecule has 1 aliphatic rings. The van der Waals surface area contributed by atoms with E-state index in [2.05, 4.69) is 5.32 Å². The highest BCUT2D eigenvalue weighted by Gasteiger charge is 2.25. The zero-order chi connectivity index (χ0) is 13.7. The molecule has 0 aromatic rings. The van der Waals surface area contributed by atoms with Crippen LogP contribution in [0.2, 0.25) is 0 Å². The van der Waals surface area contributed by atoms with E-state index < -0.39 is 12.0 Å². The molecule has 0 heterocycles. The summed E-state index contributed by atoms with van der Waals surface area (Å²) in [4.78, 5) is 36.3. The van der Waals surface area contributed by atoms with Crippen molar-refractivity contribution < 1.29 is 19.5 Å². The molecule has 0 atom stereocenters. The summed E-state index contributed by atoms with van der Waals surface area (Å²) in [6, 6.07) is -0.201. The Morgan fingerprint density at radius 3 is 2.33 bits per heavy atom. The van der Waals surface area contributed by atoms with E-state index in [1.54, 1.807) is 6.92 Å². The first-order chi connectivity index (χ1) is 8.43. The summed E-state index contributed by atoms with van der Waals surface area (Å²) >= 11 is 0. The Morgan fingerprint density at radius 1 is 1.28 bits per heavy atom. The van der Waals surface area contributed by atoms with Crippen LogP contribution in [0.1, 0.15) is 19.8 Å². The molecule has 0 aliphatic heterocycles. The molecule has 1 fully saturated rings. The Bertz CT molecular complexity index is 341. The molecule has 0 spiro atoms.